The van der Waals surface area contributed by atoms with Gasteiger partial charge in [0.25, 0.3) is 0 Å². The first kappa shape index (κ1) is 7.88. The second-order valence-electron chi connectivity index (χ2n) is 1.59. The summed E-state index contributed by atoms with van der Waals surface area (Å²) in [6.07, 6.45) is 4.84. The third kappa shape index (κ3) is 3.46. The largest absolute Gasteiger partial charge is 0.259 e. The summed E-state index contributed by atoms with van der Waals surface area (Å²) in [5, 5.41) is 9.91. The number of nitrogens with zero attached hydrogens (tertiary/aromatic N) is 1. The molecule has 0 fully saturated rings. The molecular formula is C6H9NO2. The van der Waals surface area contributed by atoms with E-state index in [1.807, 2.05) is 6.92 Å². The highest BCUT2D eigenvalue weighted by atomic mass is 16.6. The highest BCUT2D eigenvalue weighted by molar-refractivity contribution is 5.03. The van der Waals surface area contributed by atoms with Crippen LogP contribution in [0.4, 0.5) is 0 Å². The van der Waals surface area contributed by atoms with E-state index in [1.54, 1.807) is 12.2 Å². The Labute approximate surface area is 53.8 Å². The molecule has 3 heteroatoms. The molecule has 0 saturated carbocycles. The van der Waals surface area contributed by atoms with E-state index < -0.39 is 4.92 Å². The predicted octanol–water partition coefficient (Wildman–Crippen LogP) is 1.74. The predicted molar refractivity (Wildman–Crippen MR) is 35.6 cm³/mol. The van der Waals surface area contributed by atoms with E-state index in [-0.39, 0.29) is 5.70 Å². The molecule has 0 radical (unpaired) electrons. The third-order valence-corrected chi connectivity index (χ3v) is 0.818. The SMILES string of the molecule is CC=CC=C(C)[N+](=O)[O-]. The zero-order valence-corrected chi connectivity index (χ0v) is 5.50. The molecule has 0 bridgehead atoms. The molecule has 0 spiro atoms. The lowest BCUT2D eigenvalue weighted by molar-refractivity contribution is -0.424. The van der Waals surface area contributed by atoms with E-state index in [1.165, 1.54) is 13.0 Å². The van der Waals surface area contributed by atoms with Crippen molar-refractivity contribution >= 4 is 0 Å². The molecule has 0 aliphatic heterocycles. The van der Waals surface area contributed by atoms with Crippen molar-refractivity contribution < 1.29 is 4.92 Å². The second kappa shape index (κ2) is 3.83. The van der Waals surface area contributed by atoms with E-state index in [2.05, 4.69) is 0 Å². The van der Waals surface area contributed by atoms with Crippen molar-refractivity contribution in [3.63, 3.8) is 0 Å². The monoisotopic (exact) mass is 127 g/mol. The molecule has 0 heterocycles. The molecule has 9 heavy (non-hydrogen) atoms. The fourth-order valence-corrected chi connectivity index (χ4v) is 0.296. The summed E-state index contributed by atoms with van der Waals surface area (Å²) < 4.78 is 0. The summed E-state index contributed by atoms with van der Waals surface area (Å²) in [7, 11) is 0. The van der Waals surface area contributed by atoms with Crippen LogP contribution in [0.5, 0.6) is 0 Å². The Morgan fingerprint density at radius 2 is 2.22 bits per heavy atom. The van der Waals surface area contributed by atoms with E-state index in [0.29, 0.717) is 0 Å². The van der Waals surface area contributed by atoms with E-state index >= 15 is 0 Å². The molecule has 50 valence electrons. The number of rotatable bonds is 2. The van der Waals surface area contributed by atoms with Crippen LogP contribution in [0.1, 0.15) is 13.8 Å². The number of allylic oxidation sites excluding steroid dienone is 4. The van der Waals surface area contributed by atoms with Gasteiger partial charge in [-0.2, -0.15) is 0 Å². The van der Waals surface area contributed by atoms with Crippen LogP contribution in [0, 0.1) is 10.1 Å². The summed E-state index contributed by atoms with van der Waals surface area (Å²) in [5.41, 5.74) is 0.160. The van der Waals surface area contributed by atoms with Crippen LogP contribution in [-0.4, -0.2) is 4.92 Å². The van der Waals surface area contributed by atoms with Gasteiger partial charge in [-0.25, -0.2) is 0 Å². The summed E-state index contributed by atoms with van der Waals surface area (Å²) in [4.78, 5) is 9.49. The summed E-state index contributed by atoms with van der Waals surface area (Å²) in [6.45, 7) is 3.27. The van der Waals surface area contributed by atoms with Crippen molar-refractivity contribution in [2.75, 3.05) is 0 Å². The van der Waals surface area contributed by atoms with Crippen LogP contribution in [0.2, 0.25) is 0 Å². The molecule has 0 amide bonds. The Hall–Kier alpha value is -1.12. The minimum Gasteiger partial charge on any atom is -0.259 e. The van der Waals surface area contributed by atoms with Crippen molar-refractivity contribution in [3.8, 4) is 0 Å². The van der Waals surface area contributed by atoms with Crippen LogP contribution in [0.25, 0.3) is 0 Å². The van der Waals surface area contributed by atoms with Gasteiger partial charge in [0.15, 0.2) is 0 Å². The van der Waals surface area contributed by atoms with Gasteiger partial charge in [-0.3, -0.25) is 10.1 Å². The quantitative estimate of drug-likeness (QED) is 0.322. The van der Waals surface area contributed by atoms with Crippen LogP contribution in [-0.2, 0) is 0 Å². The molecule has 0 saturated heterocycles. The maximum Gasteiger partial charge on any atom is 0.243 e. The highest BCUT2D eigenvalue weighted by Gasteiger charge is 1.96. The Bertz CT molecular complexity index is 158. The van der Waals surface area contributed by atoms with Gasteiger partial charge in [0.05, 0.1) is 4.92 Å². The fraction of sp³-hybridized carbons (Fsp3) is 0.333. The topological polar surface area (TPSA) is 43.1 Å². The fourth-order valence-electron chi connectivity index (χ4n) is 0.296. The number of nitro groups is 1. The average Bonchev–Trinajstić information content (AvgIpc) is 1.82. The van der Waals surface area contributed by atoms with Crippen LogP contribution in [0.15, 0.2) is 23.9 Å². The lowest BCUT2D eigenvalue weighted by Crippen LogP contribution is -1.91. The molecule has 0 aromatic carbocycles. The van der Waals surface area contributed by atoms with Gasteiger partial charge >= 0.3 is 0 Å². The Morgan fingerprint density at radius 3 is 2.56 bits per heavy atom. The Morgan fingerprint density at radius 1 is 1.67 bits per heavy atom. The van der Waals surface area contributed by atoms with E-state index in [9.17, 15) is 10.1 Å². The first-order chi connectivity index (χ1) is 4.18. The zero-order chi connectivity index (χ0) is 7.28. The van der Waals surface area contributed by atoms with Gasteiger partial charge in [0.1, 0.15) is 0 Å². The maximum atomic E-state index is 9.91. The normalized spacial score (nSPS) is 12.4. The van der Waals surface area contributed by atoms with E-state index in [4.69, 9.17) is 0 Å². The van der Waals surface area contributed by atoms with Crippen molar-refractivity contribution in [1.29, 1.82) is 0 Å². The lowest BCUT2D eigenvalue weighted by atomic mass is 10.4. The van der Waals surface area contributed by atoms with Crippen molar-refractivity contribution in [1.82, 2.24) is 0 Å². The number of hydrogen-bond acceptors (Lipinski definition) is 2. The molecule has 0 aliphatic rings. The molecule has 0 rings (SSSR count). The van der Waals surface area contributed by atoms with Crippen molar-refractivity contribution in [2.45, 2.75) is 13.8 Å². The van der Waals surface area contributed by atoms with Gasteiger partial charge in [-0.05, 0) is 6.92 Å². The van der Waals surface area contributed by atoms with Crippen molar-refractivity contribution in [3.05, 3.63) is 34.0 Å². The van der Waals surface area contributed by atoms with Crippen molar-refractivity contribution in [2.24, 2.45) is 0 Å². The minimum atomic E-state index is -0.417. The Kier molecular flexibility index (Phi) is 3.35. The Balaban J connectivity index is 4.00. The molecule has 3 nitrogen and oxygen atoms in total. The van der Waals surface area contributed by atoms with Gasteiger partial charge in [-0.1, -0.05) is 12.2 Å². The zero-order valence-electron chi connectivity index (χ0n) is 5.50. The second-order valence-corrected chi connectivity index (χ2v) is 1.59. The maximum absolute atomic E-state index is 9.91. The van der Waals surface area contributed by atoms with Gasteiger partial charge in [0.2, 0.25) is 5.70 Å². The number of hydrogen-bond donors (Lipinski definition) is 0. The van der Waals surface area contributed by atoms with Gasteiger partial charge in [-0.15, -0.1) is 0 Å². The van der Waals surface area contributed by atoms with Crippen LogP contribution in [0.3, 0.4) is 0 Å². The molecule has 0 aromatic heterocycles. The van der Waals surface area contributed by atoms with Crippen LogP contribution >= 0.6 is 0 Å². The lowest BCUT2D eigenvalue weighted by Gasteiger charge is -1.83. The standard InChI is InChI=1S/C6H9NO2/c1-3-4-5-6(2)7(8)9/h3-5H,1-2H3. The first-order valence-electron chi connectivity index (χ1n) is 2.62. The molecular weight excluding hydrogens is 118 g/mol. The summed E-state index contributed by atoms with van der Waals surface area (Å²) in [6, 6.07) is 0. The third-order valence-electron chi connectivity index (χ3n) is 0.818. The minimum absolute atomic E-state index is 0.160. The highest BCUT2D eigenvalue weighted by Crippen LogP contribution is 1.91. The smallest absolute Gasteiger partial charge is 0.243 e. The van der Waals surface area contributed by atoms with Gasteiger partial charge < -0.3 is 0 Å². The molecule has 0 N–H and O–H groups in total. The average molecular weight is 127 g/mol. The van der Waals surface area contributed by atoms with Crippen LogP contribution < -0.4 is 0 Å². The summed E-state index contributed by atoms with van der Waals surface area (Å²) >= 11 is 0. The molecule has 0 unspecified atom stereocenters. The first-order valence-corrected chi connectivity index (χ1v) is 2.62. The molecule has 0 atom stereocenters. The van der Waals surface area contributed by atoms with Gasteiger partial charge in [0, 0.05) is 13.0 Å². The molecule has 0 aromatic rings. The molecule has 0 aliphatic carbocycles. The van der Waals surface area contributed by atoms with E-state index in [0.717, 1.165) is 0 Å². The summed E-state index contributed by atoms with van der Waals surface area (Å²) in [5.74, 6) is 0.